The summed E-state index contributed by atoms with van der Waals surface area (Å²) in [6.07, 6.45) is 1.46. The van der Waals surface area contributed by atoms with Gasteiger partial charge in [-0.25, -0.2) is 14.4 Å². The normalized spacial score (nSPS) is 10.4. The fourth-order valence-electron chi connectivity index (χ4n) is 2.39. The van der Waals surface area contributed by atoms with E-state index in [0.29, 0.717) is 29.6 Å². The van der Waals surface area contributed by atoms with Crippen molar-refractivity contribution in [2.75, 3.05) is 23.0 Å². The van der Waals surface area contributed by atoms with E-state index in [9.17, 15) is 4.39 Å². The quantitative estimate of drug-likeness (QED) is 0.751. The van der Waals surface area contributed by atoms with Gasteiger partial charge in [-0.2, -0.15) is 0 Å². The van der Waals surface area contributed by atoms with Crippen LogP contribution in [0.1, 0.15) is 5.56 Å². The summed E-state index contributed by atoms with van der Waals surface area (Å²) in [5, 5.41) is 3.09. The summed E-state index contributed by atoms with van der Waals surface area (Å²) in [4.78, 5) is 10.4. The maximum atomic E-state index is 13.0. The molecule has 0 aliphatic carbocycles. The van der Waals surface area contributed by atoms with E-state index < -0.39 is 0 Å². The van der Waals surface area contributed by atoms with E-state index in [4.69, 9.17) is 5.73 Å². The van der Waals surface area contributed by atoms with Crippen LogP contribution >= 0.6 is 0 Å². The molecule has 0 fully saturated rings. The van der Waals surface area contributed by atoms with Gasteiger partial charge < -0.3 is 16.0 Å². The SMILES string of the molecule is CN(Cc1ccccc1)c1ncnc(Nc2ccc(F)cc2)c1N. The summed E-state index contributed by atoms with van der Waals surface area (Å²) < 4.78 is 13.0. The molecule has 0 atom stereocenters. The highest BCUT2D eigenvalue weighted by atomic mass is 19.1. The van der Waals surface area contributed by atoms with Crippen molar-refractivity contribution in [3.8, 4) is 0 Å². The number of nitrogen functional groups attached to an aromatic ring is 1. The molecular formula is C18H18FN5. The second-order valence-electron chi connectivity index (χ2n) is 5.43. The average molecular weight is 323 g/mol. The fourth-order valence-corrected chi connectivity index (χ4v) is 2.39. The van der Waals surface area contributed by atoms with Crippen LogP contribution in [0.3, 0.4) is 0 Å². The van der Waals surface area contributed by atoms with Crippen LogP contribution in [0.5, 0.6) is 0 Å². The van der Waals surface area contributed by atoms with Gasteiger partial charge in [0.15, 0.2) is 11.6 Å². The Bertz CT molecular complexity index is 805. The number of halogens is 1. The van der Waals surface area contributed by atoms with Crippen molar-refractivity contribution in [1.82, 2.24) is 9.97 Å². The first-order valence-corrected chi connectivity index (χ1v) is 7.51. The van der Waals surface area contributed by atoms with Crippen molar-refractivity contribution in [3.63, 3.8) is 0 Å². The Labute approximate surface area is 140 Å². The van der Waals surface area contributed by atoms with Crippen molar-refractivity contribution in [2.24, 2.45) is 0 Å². The van der Waals surface area contributed by atoms with Crippen LogP contribution in [0.4, 0.5) is 27.4 Å². The molecule has 3 aromatic rings. The lowest BCUT2D eigenvalue weighted by molar-refractivity contribution is 0.628. The average Bonchev–Trinajstić information content (AvgIpc) is 2.59. The summed E-state index contributed by atoms with van der Waals surface area (Å²) >= 11 is 0. The number of nitrogens with zero attached hydrogens (tertiary/aromatic N) is 3. The Morgan fingerprint density at radius 3 is 2.46 bits per heavy atom. The van der Waals surface area contributed by atoms with Gasteiger partial charge in [0, 0.05) is 19.3 Å². The van der Waals surface area contributed by atoms with Crippen molar-refractivity contribution in [2.45, 2.75) is 6.54 Å². The molecule has 5 nitrogen and oxygen atoms in total. The van der Waals surface area contributed by atoms with E-state index in [-0.39, 0.29) is 5.82 Å². The van der Waals surface area contributed by atoms with Crippen molar-refractivity contribution in [3.05, 3.63) is 72.3 Å². The number of nitrogens with two attached hydrogens (primary N) is 1. The zero-order valence-electron chi connectivity index (χ0n) is 13.3. The maximum Gasteiger partial charge on any atom is 0.159 e. The first-order chi connectivity index (χ1) is 11.6. The van der Waals surface area contributed by atoms with Crippen molar-refractivity contribution in [1.29, 1.82) is 0 Å². The molecule has 0 bridgehead atoms. The topological polar surface area (TPSA) is 67.1 Å². The van der Waals surface area contributed by atoms with Gasteiger partial charge in [-0.1, -0.05) is 30.3 Å². The van der Waals surface area contributed by atoms with Gasteiger partial charge in [-0.15, -0.1) is 0 Å². The third-order valence-electron chi connectivity index (χ3n) is 3.59. The van der Waals surface area contributed by atoms with Gasteiger partial charge in [0.05, 0.1) is 0 Å². The second kappa shape index (κ2) is 6.95. The Morgan fingerprint density at radius 2 is 1.75 bits per heavy atom. The minimum atomic E-state index is -0.292. The van der Waals surface area contributed by atoms with Gasteiger partial charge in [-0.05, 0) is 29.8 Å². The van der Waals surface area contributed by atoms with Crippen molar-refractivity contribution < 1.29 is 4.39 Å². The standard InChI is InChI=1S/C18H18FN5/c1-24(11-13-5-3-2-4-6-13)18-16(20)17(21-12-22-18)23-15-9-7-14(19)8-10-15/h2-10,12H,11,20H2,1H3,(H,21,22,23). The van der Waals surface area contributed by atoms with Crippen molar-refractivity contribution >= 4 is 23.0 Å². The number of hydrogen-bond donors (Lipinski definition) is 2. The largest absolute Gasteiger partial charge is 0.393 e. The highest BCUT2D eigenvalue weighted by molar-refractivity contribution is 5.78. The fraction of sp³-hybridized carbons (Fsp3) is 0.111. The summed E-state index contributed by atoms with van der Waals surface area (Å²) in [7, 11) is 1.92. The first-order valence-electron chi connectivity index (χ1n) is 7.51. The molecule has 0 saturated carbocycles. The number of benzene rings is 2. The maximum absolute atomic E-state index is 13.0. The Morgan fingerprint density at radius 1 is 1.04 bits per heavy atom. The molecule has 3 rings (SSSR count). The van der Waals surface area contributed by atoms with Crippen LogP contribution in [-0.2, 0) is 6.54 Å². The van der Waals surface area contributed by atoms with Crippen LogP contribution in [0.25, 0.3) is 0 Å². The molecule has 0 unspecified atom stereocenters. The minimum Gasteiger partial charge on any atom is -0.393 e. The molecule has 2 aromatic carbocycles. The number of hydrogen-bond acceptors (Lipinski definition) is 5. The number of rotatable bonds is 5. The highest BCUT2D eigenvalue weighted by Crippen LogP contribution is 2.28. The van der Waals surface area contributed by atoms with Gasteiger partial charge in [-0.3, -0.25) is 0 Å². The molecule has 1 aromatic heterocycles. The monoisotopic (exact) mass is 323 g/mol. The molecule has 0 radical (unpaired) electrons. The van der Waals surface area contributed by atoms with E-state index in [2.05, 4.69) is 15.3 Å². The molecule has 1 heterocycles. The summed E-state index contributed by atoms with van der Waals surface area (Å²) in [6, 6.07) is 16.1. The molecule has 0 aliphatic rings. The molecule has 0 spiro atoms. The van der Waals surface area contributed by atoms with Crippen LogP contribution in [0, 0.1) is 5.82 Å². The van der Waals surface area contributed by atoms with E-state index in [1.807, 2.05) is 42.3 Å². The van der Waals surface area contributed by atoms with Crippen LogP contribution in [0.2, 0.25) is 0 Å². The molecule has 24 heavy (non-hydrogen) atoms. The Kier molecular flexibility index (Phi) is 4.56. The molecule has 0 aliphatic heterocycles. The molecule has 6 heteroatoms. The third kappa shape index (κ3) is 3.60. The second-order valence-corrected chi connectivity index (χ2v) is 5.43. The van der Waals surface area contributed by atoms with Gasteiger partial charge in [0.25, 0.3) is 0 Å². The number of aromatic nitrogens is 2. The number of anilines is 4. The summed E-state index contributed by atoms with van der Waals surface area (Å²) in [5.74, 6) is 0.837. The lowest BCUT2D eigenvalue weighted by Gasteiger charge is -2.21. The van der Waals surface area contributed by atoms with Gasteiger partial charge in [0.1, 0.15) is 17.8 Å². The van der Waals surface area contributed by atoms with Crippen LogP contribution in [-0.4, -0.2) is 17.0 Å². The van der Waals surface area contributed by atoms with Gasteiger partial charge >= 0.3 is 0 Å². The zero-order chi connectivity index (χ0) is 16.9. The molecule has 0 saturated heterocycles. The van der Waals surface area contributed by atoms with E-state index in [1.54, 1.807) is 12.1 Å². The molecule has 3 N–H and O–H groups in total. The predicted molar refractivity (Wildman–Crippen MR) is 94.7 cm³/mol. The molecule has 122 valence electrons. The third-order valence-corrected chi connectivity index (χ3v) is 3.59. The Balaban J connectivity index is 1.81. The van der Waals surface area contributed by atoms with E-state index in [0.717, 1.165) is 5.56 Å². The lowest BCUT2D eigenvalue weighted by Crippen LogP contribution is -2.20. The van der Waals surface area contributed by atoms with E-state index in [1.165, 1.54) is 18.5 Å². The minimum absolute atomic E-state index is 0.292. The zero-order valence-corrected chi connectivity index (χ0v) is 13.3. The van der Waals surface area contributed by atoms with E-state index >= 15 is 0 Å². The highest BCUT2D eigenvalue weighted by Gasteiger charge is 2.12. The lowest BCUT2D eigenvalue weighted by atomic mass is 10.2. The predicted octanol–water partition coefficient (Wildman–Crippen LogP) is 3.58. The Hall–Kier alpha value is -3.15. The summed E-state index contributed by atoms with van der Waals surface area (Å²) in [6.45, 7) is 0.679. The van der Waals surface area contributed by atoms with Gasteiger partial charge in [0.2, 0.25) is 0 Å². The smallest absolute Gasteiger partial charge is 0.159 e. The summed E-state index contributed by atoms with van der Waals surface area (Å²) in [5.41, 5.74) is 8.52. The molecular weight excluding hydrogens is 305 g/mol. The first kappa shape index (κ1) is 15.7. The molecule has 0 amide bonds. The number of nitrogens with one attached hydrogen (secondary N) is 1. The van der Waals surface area contributed by atoms with Crippen LogP contribution in [0.15, 0.2) is 60.9 Å². The van der Waals surface area contributed by atoms with Crippen LogP contribution < -0.4 is 16.0 Å².